The number of imidazole rings is 1. The first-order chi connectivity index (χ1) is 12.8. The molecule has 0 spiro atoms. The maximum absolute atomic E-state index is 6.70. The Hall–Kier alpha value is -2.57. The zero-order chi connectivity index (χ0) is 17.5. The second-order valence-corrected chi connectivity index (χ2v) is 7.01. The Morgan fingerprint density at radius 2 is 2.19 bits per heavy atom. The molecule has 0 bridgehead atoms. The molecule has 1 fully saturated rings. The number of anilines is 1. The number of H-pyrrole nitrogens is 1. The van der Waals surface area contributed by atoms with E-state index in [1.165, 1.54) is 0 Å². The lowest BCUT2D eigenvalue weighted by Gasteiger charge is -2.24. The van der Waals surface area contributed by atoms with Crippen molar-refractivity contribution in [1.29, 1.82) is 0 Å². The van der Waals surface area contributed by atoms with Gasteiger partial charge in [-0.05, 0) is 25.5 Å². The molecule has 132 valence electrons. The van der Waals surface area contributed by atoms with Crippen molar-refractivity contribution >= 4 is 34.0 Å². The predicted molar refractivity (Wildman–Crippen MR) is 105 cm³/mol. The minimum absolute atomic E-state index is 0.341. The minimum atomic E-state index is 0.341. The van der Waals surface area contributed by atoms with Crippen LogP contribution in [0.15, 0.2) is 42.9 Å². The van der Waals surface area contributed by atoms with E-state index in [1.54, 1.807) is 6.20 Å². The Morgan fingerprint density at radius 1 is 1.27 bits per heavy atom. The van der Waals surface area contributed by atoms with Crippen LogP contribution >= 0.6 is 11.6 Å². The lowest BCUT2D eigenvalue weighted by molar-refractivity contribution is 0.479. The molecule has 0 radical (unpaired) electrons. The van der Waals surface area contributed by atoms with Gasteiger partial charge in [0.1, 0.15) is 10.8 Å². The van der Waals surface area contributed by atoms with E-state index in [-0.39, 0.29) is 0 Å². The van der Waals surface area contributed by atoms with Crippen molar-refractivity contribution in [3.05, 3.63) is 48.0 Å². The molecule has 5 rings (SSSR count). The van der Waals surface area contributed by atoms with Gasteiger partial charge in [-0.25, -0.2) is 9.97 Å². The monoisotopic (exact) mass is 366 g/mol. The highest BCUT2D eigenvalue weighted by Crippen LogP contribution is 2.34. The smallest absolute Gasteiger partial charge is 0.181 e. The minimum Gasteiger partial charge on any atom is -0.363 e. The quantitative estimate of drug-likeness (QED) is 0.517. The first-order valence-electron chi connectivity index (χ1n) is 8.87. The summed E-state index contributed by atoms with van der Waals surface area (Å²) >= 11 is 6.70. The molecular formula is C19H19ClN6. The van der Waals surface area contributed by atoms with Crippen LogP contribution in [0, 0.1) is 0 Å². The van der Waals surface area contributed by atoms with Crippen LogP contribution in [0.1, 0.15) is 12.8 Å². The Kier molecular flexibility index (Phi) is 3.80. The highest BCUT2D eigenvalue weighted by Gasteiger charge is 2.20. The van der Waals surface area contributed by atoms with Crippen molar-refractivity contribution in [2.45, 2.75) is 18.9 Å². The zero-order valence-corrected chi connectivity index (χ0v) is 14.9. The number of fused-ring (bicyclic) bond motifs is 2. The molecule has 6 nitrogen and oxygen atoms in total. The van der Waals surface area contributed by atoms with Crippen molar-refractivity contribution in [3.63, 3.8) is 0 Å². The molecule has 3 N–H and O–H groups in total. The van der Waals surface area contributed by atoms with Gasteiger partial charge in [-0.2, -0.15) is 0 Å². The summed E-state index contributed by atoms with van der Waals surface area (Å²) in [7, 11) is 0. The van der Waals surface area contributed by atoms with E-state index in [2.05, 4.69) is 32.7 Å². The molecule has 4 heterocycles. The topological polar surface area (TPSA) is 70.0 Å². The molecule has 26 heavy (non-hydrogen) atoms. The van der Waals surface area contributed by atoms with Crippen molar-refractivity contribution in [2.75, 3.05) is 18.4 Å². The second kappa shape index (κ2) is 6.30. The number of benzene rings is 1. The maximum atomic E-state index is 6.70. The second-order valence-electron chi connectivity index (χ2n) is 6.66. The third-order valence-corrected chi connectivity index (χ3v) is 5.33. The Balaban J connectivity index is 1.66. The van der Waals surface area contributed by atoms with Crippen molar-refractivity contribution in [1.82, 2.24) is 24.7 Å². The molecule has 1 aromatic carbocycles. The van der Waals surface area contributed by atoms with Gasteiger partial charge in [0, 0.05) is 47.6 Å². The van der Waals surface area contributed by atoms with E-state index in [9.17, 15) is 0 Å². The van der Waals surface area contributed by atoms with Crippen LogP contribution in [0.4, 0.5) is 5.82 Å². The van der Waals surface area contributed by atoms with Crippen molar-refractivity contribution in [3.8, 4) is 11.3 Å². The van der Waals surface area contributed by atoms with Crippen molar-refractivity contribution < 1.29 is 0 Å². The number of nitrogens with zero attached hydrogens (tertiary/aromatic N) is 3. The highest BCUT2D eigenvalue weighted by atomic mass is 35.5. The van der Waals surface area contributed by atoms with Crippen LogP contribution in [0.5, 0.6) is 0 Å². The molecule has 0 unspecified atom stereocenters. The highest BCUT2D eigenvalue weighted by molar-refractivity contribution is 6.32. The van der Waals surface area contributed by atoms with E-state index in [0.29, 0.717) is 11.2 Å². The molecule has 1 aliphatic rings. The van der Waals surface area contributed by atoms with Gasteiger partial charge in [-0.15, -0.1) is 0 Å². The number of hydrogen-bond acceptors (Lipinski definition) is 4. The van der Waals surface area contributed by atoms with E-state index >= 15 is 0 Å². The maximum Gasteiger partial charge on any atom is 0.181 e. The molecule has 3 aromatic heterocycles. The van der Waals surface area contributed by atoms with Gasteiger partial charge >= 0.3 is 0 Å². The molecule has 7 heteroatoms. The van der Waals surface area contributed by atoms with Gasteiger partial charge < -0.3 is 15.6 Å². The standard InChI is InChI=1S/C19H19ClN6/c20-17-16(14-11-23-15-6-2-1-5-13(14)15)25-18(19-22-8-9-26(17)19)24-12-4-3-7-21-10-12/h1-2,5-6,8-9,11-12,21,23H,3-4,7,10H2,(H,24,25)/t12-/m0/s1. The number of aromatic amines is 1. The van der Waals surface area contributed by atoms with Gasteiger partial charge in [-0.3, -0.25) is 4.40 Å². The number of aromatic nitrogens is 4. The normalized spacial score (nSPS) is 17.8. The Bertz CT molecular complexity index is 1080. The van der Waals surface area contributed by atoms with E-state index in [4.69, 9.17) is 16.6 Å². The molecule has 0 aliphatic carbocycles. The summed E-state index contributed by atoms with van der Waals surface area (Å²) in [5.41, 5.74) is 3.56. The number of halogens is 1. The zero-order valence-electron chi connectivity index (χ0n) is 14.2. The number of para-hydroxylation sites is 1. The summed E-state index contributed by atoms with van der Waals surface area (Å²) in [6, 6.07) is 8.51. The summed E-state index contributed by atoms with van der Waals surface area (Å²) in [5, 5.41) is 8.66. The summed E-state index contributed by atoms with van der Waals surface area (Å²) in [6.45, 7) is 2.01. The van der Waals surface area contributed by atoms with Crippen LogP contribution in [0.3, 0.4) is 0 Å². The number of rotatable bonds is 3. The Morgan fingerprint density at radius 3 is 3.08 bits per heavy atom. The predicted octanol–water partition coefficient (Wildman–Crippen LogP) is 3.69. The molecule has 0 saturated carbocycles. The van der Waals surface area contributed by atoms with Gasteiger partial charge in [-0.1, -0.05) is 29.8 Å². The van der Waals surface area contributed by atoms with Gasteiger partial charge in [0.15, 0.2) is 11.5 Å². The van der Waals surface area contributed by atoms with E-state index in [1.807, 2.05) is 28.9 Å². The summed E-state index contributed by atoms with van der Waals surface area (Å²) in [4.78, 5) is 12.6. The fourth-order valence-corrected chi connectivity index (χ4v) is 3.94. The first kappa shape index (κ1) is 15.7. The van der Waals surface area contributed by atoms with Gasteiger partial charge in [0.05, 0.1) is 0 Å². The number of piperidine rings is 1. The van der Waals surface area contributed by atoms with Crippen LogP contribution < -0.4 is 10.6 Å². The lowest BCUT2D eigenvalue weighted by Crippen LogP contribution is -2.38. The van der Waals surface area contributed by atoms with E-state index < -0.39 is 0 Å². The largest absolute Gasteiger partial charge is 0.363 e. The summed E-state index contributed by atoms with van der Waals surface area (Å²) in [6.07, 6.45) is 7.87. The molecule has 1 aliphatic heterocycles. The average Bonchev–Trinajstić information content (AvgIpc) is 3.32. The summed E-state index contributed by atoms with van der Waals surface area (Å²) < 4.78 is 1.89. The fourth-order valence-electron chi connectivity index (χ4n) is 3.66. The van der Waals surface area contributed by atoms with Crippen LogP contribution in [-0.4, -0.2) is 38.5 Å². The van der Waals surface area contributed by atoms with Crippen LogP contribution in [0.25, 0.3) is 27.8 Å². The van der Waals surface area contributed by atoms with Crippen molar-refractivity contribution in [2.24, 2.45) is 0 Å². The van der Waals surface area contributed by atoms with Crippen LogP contribution in [-0.2, 0) is 0 Å². The Labute approximate surface area is 155 Å². The number of nitrogens with one attached hydrogen (secondary N) is 3. The fraction of sp³-hybridized carbons (Fsp3) is 0.263. The third kappa shape index (κ3) is 2.53. The molecule has 1 saturated heterocycles. The lowest BCUT2D eigenvalue weighted by atomic mass is 10.1. The summed E-state index contributed by atoms with van der Waals surface area (Å²) in [5.74, 6) is 0.772. The van der Waals surface area contributed by atoms with Crippen LogP contribution in [0.2, 0.25) is 5.15 Å². The molecule has 4 aromatic rings. The number of hydrogen-bond donors (Lipinski definition) is 3. The molecule has 0 amide bonds. The molecular weight excluding hydrogens is 348 g/mol. The molecule has 1 atom stereocenters. The van der Waals surface area contributed by atoms with Gasteiger partial charge in [0.25, 0.3) is 0 Å². The average molecular weight is 367 g/mol. The van der Waals surface area contributed by atoms with Gasteiger partial charge in [0.2, 0.25) is 0 Å². The third-order valence-electron chi connectivity index (χ3n) is 4.97. The SMILES string of the molecule is Clc1c(-c2c[nH]c3ccccc23)nc(N[C@H]2CCCNC2)c2nccn12. The van der Waals surface area contributed by atoms with E-state index in [0.717, 1.165) is 59.6 Å². The first-order valence-corrected chi connectivity index (χ1v) is 9.25.